The SMILES string of the molecule is CC(C)Oc1ccc(CNC(=O)C(=O)N[C@H]2CCCC[C@@H]2C)cc1. The number of hydrogen-bond acceptors (Lipinski definition) is 3. The van der Waals surface area contributed by atoms with Crippen LogP contribution in [0.5, 0.6) is 5.75 Å². The molecule has 1 fully saturated rings. The summed E-state index contributed by atoms with van der Waals surface area (Å²) >= 11 is 0. The Hall–Kier alpha value is -2.04. The van der Waals surface area contributed by atoms with Gasteiger partial charge in [-0.15, -0.1) is 0 Å². The highest BCUT2D eigenvalue weighted by Crippen LogP contribution is 2.23. The van der Waals surface area contributed by atoms with Crippen molar-refractivity contribution in [1.29, 1.82) is 0 Å². The van der Waals surface area contributed by atoms with Crippen molar-refractivity contribution < 1.29 is 14.3 Å². The number of hydrogen-bond donors (Lipinski definition) is 2. The van der Waals surface area contributed by atoms with Gasteiger partial charge in [-0.3, -0.25) is 9.59 Å². The van der Waals surface area contributed by atoms with E-state index in [1.54, 1.807) is 0 Å². The second kappa shape index (κ2) is 8.71. The maximum Gasteiger partial charge on any atom is 0.309 e. The highest BCUT2D eigenvalue weighted by atomic mass is 16.5. The molecule has 5 nitrogen and oxygen atoms in total. The van der Waals surface area contributed by atoms with E-state index in [-0.39, 0.29) is 12.1 Å². The Labute approximate surface area is 144 Å². The Kier molecular flexibility index (Phi) is 6.64. The fraction of sp³-hybridized carbons (Fsp3) is 0.579. The number of amides is 2. The molecule has 0 spiro atoms. The Balaban J connectivity index is 1.78. The van der Waals surface area contributed by atoms with E-state index in [0.29, 0.717) is 12.5 Å². The molecule has 5 heteroatoms. The van der Waals surface area contributed by atoms with E-state index in [1.807, 2.05) is 38.1 Å². The maximum atomic E-state index is 12.0. The molecule has 1 aromatic rings. The summed E-state index contributed by atoms with van der Waals surface area (Å²) in [6.45, 7) is 6.40. The number of benzene rings is 1. The third-order valence-corrected chi connectivity index (χ3v) is 4.38. The van der Waals surface area contributed by atoms with E-state index in [1.165, 1.54) is 6.42 Å². The summed E-state index contributed by atoms with van der Waals surface area (Å²) in [5.41, 5.74) is 0.929. The van der Waals surface area contributed by atoms with Crippen molar-refractivity contribution in [3.63, 3.8) is 0 Å². The first-order valence-corrected chi connectivity index (χ1v) is 8.80. The first-order chi connectivity index (χ1) is 11.5. The van der Waals surface area contributed by atoms with E-state index in [4.69, 9.17) is 4.74 Å². The lowest BCUT2D eigenvalue weighted by Gasteiger charge is -2.29. The van der Waals surface area contributed by atoms with Crippen LogP contribution in [0.1, 0.15) is 52.0 Å². The zero-order valence-electron chi connectivity index (χ0n) is 14.8. The van der Waals surface area contributed by atoms with Crippen LogP contribution >= 0.6 is 0 Å². The van der Waals surface area contributed by atoms with Crippen LogP contribution in [-0.2, 0) is 16.1 Å². The number of carbonyl (C=O) groups is 2. The molecule has 0 aliphatic heterocycles. The predicted molar refractivity (Wildman–Crippen MR) is 93.6 cm³/mol. The number of carbonyl (C=O) groups excluding carboxylic acids is 2. The monoisotopic (exact) mass is 332 g/mol. The second-order valence-corrected chi connectivity index (χ2v) is 6.83. The van der Waals surface area contributed by atoms with E-state index >= 15 is 0 Å². The molecule has 1 aliphatic carbocycles. The normalized spacial score (nSPS) is 20.5. The first-order valence-electron chi connectivity index (χ1n) is 8.80. The lowest BCUT2D eigenvalue weighted by Crippen LogP contribution is -2.47. The third-order valence-electron chi connectivity index (χ3n) is 4.38. The molecule has 0 heterocycles. The van der Waals surface area contributed by atoms with Crippen LogP contribution in [0, 0.1) is 5.92 Å². The molecular weight excluding hydrogens is 304 g/mol. The van der Waals surface area contributed by atoms with Gasteiger partial charge in [0, 0.05) is 12.6 Å². The summed E-state index contributed by atoms with van der Waals surface area (Å²) in [4.78, 5) is 24.0. The maximum absolute atomic E-state index is 12.0. The Morgan fingerprint density at radius 1 is 1.12 bits per heavy atom. The zero-order valence-corrected chi connectivity index (χ0v) is 14.8. The van der Waals surface area contributed by atoms with Gasteiger partial charge in [-0.05, 0) is 50.3 Å². The molecule has 2 rings (SSSR count). The number of ether oxygens (including phenoxy) is 1. The van der Waals surface area contributed by atoms with Gasteiger partial charge in [0.05, 0.1) is 6.10 Å². The summed E-state index contributed by atoms with van der Waals surface area (Å²) in [7, 11) is 0. The van der Waals surface area contributed by atoms with Gasteiger partial charge in [-0.25, -0.2) is 0 Å². The molecule has 2 N–H and O–H groups in total. The second-order valence-electron chi connectivity index (χ2n) is 6.83. The molecule has 132 valence electrons. The van der Waals surface area contributed by atoms with Gasteiger partial charge in [0.15, 0.2) is 0 Å². The van der Waals surface area contributed by atoms with Crippen molar-refractivity contribution in [3.8, 4) is 5.75 Å². The van der Waals surface area contributed by atoms with Crippen LogP contribution < -0.4 is 15.4 Å². The molecule has 1 saturated carbocycles. The minimum atomic E-state index is -0.574. The molecular formula is C19H28N2O3. The average Bonchev–Trinajstić information content (AvgIpc) is 2.55. The standard InChI is InChI=1S/C19H28N2O3/c1-13(2)24-16-10-8-15(9-11-16)12-20-18(22)19(23)21-17-7-5-4-6-14(17)3/h8-11,13-14,17H,4-7,12H2,1-3H3,(H,20,22)(H,21,23)/t14-,17-/m0/s1. The zero-order chi connectivity index (χ0) is 17.5. The first kappa shape index (κ1) is 18.3. The fourth-order valence-corrected chi connectivity index (χ4v) is 2.99. The van der Waals surface area contributed by atoms with Gasteiger partial charge >= 0.3 is 11.8 Å². The molecule has 2 amide bonds. The molecule has 0 unspecified atom stereocenters. The fourth-order valence-electron chi connectivity index (χ4n) is 2.99. The van der Waals surface area contributed by atoms with Crippen LogP contribution in [0.3, 0.4) is 0 Å². The van der Waals surface area contributed by atoms with Gasteiger partial charge in [0.2, 0.25) is 0 Å². The van der Waals surface area contributed by atoms with Gasteiger partial charge in [-0.1, -0.05) is 31.9 Å². The summed E-state index contributed by atoms with van der Waals surface area (Å²) in [6.07, 6.45) is 4.51. The molecule has 0 bridgehead atoms. The molecule has 1 aromatic carbocycles. The topological polar surface area (TPSA) is 67.4 Å². The van der Waals surface area contributed by atoms with E-state index in [2.05, 4.69) is 17.6 Å². The molecule has 1 aliphatic rings. The molecule has 0 aromatic heterocycles. The average molecular weight is 332 g/mol. The van der Waals surface area contributed by atoms with Crippen molar-refractivity contribution >= 4 is 11.8 Å². The quantitative estimate of drug-likeness (QED) is 0.815. The lowest BCUT2D eigenvalue weighted by atomic mass is 9.86. The van der Waals surface area contributed by atoms with Gasteiger partial charge < -0.3 is 15.4 Å². The summed E-state index contributed by atoms with van der Waals surface area (Å²) in [6, 6.07) is 7.62. The number of nitrogens with one attached hydrogen (secondary N) is 2. The Morgan fingerprint density at radius 3 is 2.42 bits per heavy atom. The summed E-state index contributed by atoms with van der Waals surface area (Å²) in [5, 5.41) is 5.54. The van der Waals surface area contributed by atoms with E-state index in [9.17, 15) is 9.59 Å². The van der Waals surface area contributed by atoms with Crippen molar-refractivity contribution in [3.05, 3.63) is 29.8 Å². The van der Waals surface area contributed by atoms with Crippen molar-refractivity contribution in [2.75, 3.05) is 0 Å². The van der Waals surface area contributed by atoms with Crippen LogP contribution in [0.2, 0.25) is 0 Å². The Bertz CT molecular complexity index is 554. The van der Waals surface area contributed by atoms with Gasteiger partial charge in [-0.2, -0.15) is 0 Å². The van der Waals surface area contributed by atoms with Crippen LogP contribution in [0.4, 0.5) is 0 Å². The molecule has 2 atom stereocenters. The lowest BCUT2D eigenvalue weighted by molar-refractivity contribution is -0.140. The Morgan fingerprint density at radius 2 is 1.79 bits per heavy atom. The van der Waals surface area contributed by atoms with Crippen LogP contribution in [0.15, 0.2) is 24.3 Å². The summed E-state index contributed by atoms with van der Waals surface area (Å²) in [5.74, 6) is 0.122. The van der Waals surface area contributed by atoms with Crippen molar-refractivity contribution in [1.82, 2.24) is 10.6 Å². The highest BCUT2D eigenvalue weighted by molar-refractivity contribution is 6.35. The molecule has 0 radical (unpaired) electrons. The third kappa shape index (κ3) is 5.55. The predicted octanol–water partition coefficient (Wildman–Crippen LogP) is 2.78. The van der Waals surface area contributed by atoms with Gasteiger partial charge in [0.1, 0.15) is 5.75 Å². The highest BCUT2D eigenvalue weighted by Gasteiger charge is 2.25. The number of rotatable bonds is 5. The van der Waals surface area contributed by atoms with Gasteiger partial charge in [0.25, 0.3) is 0 Å². The largest absolute Gasteiger partial charge is 0.491 e. The van der Waals surface area contributed by atoms with E-state index < -0.39 is 11.8 Å². The van der Waals surface area contributed by atoms with Crippen LogP contribution in [-0.4, -0.2) is 24.0 Å². The van der Waals surface area contributed by atoms with Crippen molar-refractivity contribution in [2.24, 2.45) is 5.92 Å². The van der Waals surface area contributed by atoms with E-state index in [0.717, 1.165) is 30.6 Å². The smallest absolute Gasteiger partial charge is 0.309 e. The summed E-state index contributed by atoms with van der Waals surface area (Å²) < 4.78 is 5.58. The van der Waals surface area contributed by atoms with Crippen LogP contribution in [0.25, 0.3) is 0 Å². The molecule has 0 saturated heterocycles. The minimum Gasteiger partial charge on any atom is -0.491 e. The minimum absolute atomic E-state index is 0.115. The van der Waals surface area contributed by atoms with Crippen molar-refractivity contribution in [2.45, 2.75) is 65.1 Å². The molecule has 24 heavy (non-hydrogen) atoms.